The summed E-state index contributed by atoms with van der Waals surface area (Å²) in [4.78, 5) is 12.1. The highest BCUT2D eigenvalue weighted by Crippen LogP contribution is 2.29. The van der Waals surface area contributed by atoms with Crippen molar-refractivity contribution in [2.45, 2.75) is 64.3 Å². The predicted molar refractivity (Wildman–Crippen MR) is 81.6 cm³/mol. The fourth-order valence-corrected chi connectivity index (χ4v) is 3.35. The Morgan fingerprint density at radius 1 is 1.21 bits per heavy atom. The summed E-state index contributed by atoms with van der Waals surface area (Å²) in [7, 11) is 0. The van der Waals surface area contributed by atoms with Crippen LogP contribution in [-0.2, 0) is 4.79 Å². The molecular weight excluding hydrogens is 260 g/mol. The molecule has 2 N–H and O–H groups in total. The molecule has 1 aliphatic heterocycles. The zero-order valence-corrected chi connectivity index (χ0v) is 12.9. The zero-order chi connectivity index (χ0) is 12.8. The van der Waals surface area contributed by atoms with Gasteiger partial charge >= 0.3 is 0 Å². The lowest BCUT2D eigenvalue weighted by Gasteiger charge is -2.27. The van der Waals surface area contributed by atoms with Crippen LogP contribution in [0.2, 0.25) is 0 Å². The van der Waals surface area contributed by atoms with Crippen molar-refractivity contribution in [3.63, 3.8) is 0 Å². The number of carbonyl (C=O) groups excluding carboxylic acids is 1. The number of carbonyl (C=O) groups is 1. The minimum Gasteiger partial charge on any atom is -0.352 e. The van der Waals surface area contributed by atoms with Crippen LogP contribution in [0.15, 0.2) is 0 Å². The summed E-state index contributed by atoms with van der Waals surface area (Å²) in [5, 5.41) is 6.55. The molecule has 0 aromatic heterocycles. The van der Waals surface area contributed by atoms with Crippen molar-refractivity contribution in [2.75, 3.05) is 13.1 Å². The predicted octanol–water partition coefficient (Wildman–Crippen LogP) is 2.88. The van der Waals surface area contributed by atoms with Gasteiger partial charge in [-0.05, 0) is 31.7 Å². The van der Waals surface area contributed by atoms with Gasteiger partial charge in [0.15, 0.2) is 0 Å². The molecule has 1 amide bonds. The van der Waals surface area contributed by atoms with Crippen molar-refractivity contribution in [2.24, 2.45) is 11.8 Å². The van der Waals surface area contributed by atoms with Crippen LogP contribution in [0, 0.1) is 11.8 Å². The normalized spacial score (nSPS) is 26.3. The average molecular weight is 289 g/mol. The Labute approximate surface area is 123 Å². The van der Waals surface area contributed by atoms with Gasteiger partial charge in [-0.2, -0.15) is 0 Å². The van der Waals surface area contributed by atoms with E-state index in [-0.39, 0.29) is 24.2 Å². The molecule has 1 saturated carbocycles. The van der Waals surface area contributed by atoms with Crippen LogP contribution in [0.1, 0.15) is 58.3 Å². The van der Waals surface area contributed by atoms with Crippen molar-refractivity contribution in [1.29, 1.82) is 0 Å². The van der Waals surface area contributed by atoms with Crippen LogP contribution in [0.25, 0.3) is 0 Å². The number of halogens is 1. The van der Waals surface area contributed by atoms with Crippen LogP contribution in [-0.4, -0.2) is 25.0 Å². The SMILES string of the molecule is CC(CC1CCCCC1)C(=O)NC1CCCNC1.Cl. The Balaban J connectivity index is 0.00000180. The van der Waals surface area contributed by atoms with Crippen molar-refractivity contribution in [3.05, 3.63) is 0 Å². The fraction of sp³-hybridized carbons (Fsp3) is 0.933. The molecule has 0 bridgehead atoms. The van der Waals surface area contributed by atoms with Gasteiger partial charge in [0.1, 0.15) is 0 Å². The number of amides is 1. The minimum atomic E-state index is 0. The van der Waals surface area contributed by atoms with E-state index in [0.717, 1.165) is 31.8 Å². The van der Waals surface area contributed by atoms with E-state index in [9.17, 15) is 4.79 Å². The summed E-state index contributed by atoms with van der Waals surface area (Å²) in [5.74, 6) is 1.26. The van der Waals surface area contributed by atoms with Crippen molar-refractivity contribution >= 4 is 18.3 Å². The molecule has 2 fully saturated rings. The molecule has 0 aromatic carbocycles. The first-order valence-electron chi connectivity index (χ1n) is 7.77. The second kappa shape index (κ2) is 8.80. The Morgan fingerprint density at radius 2 is 1.95 bits per heavy atom. The van der Waals surface area contributed by atoms with E-state index in [4.69, 9.17) is 0 Å². The lowest BCUT2D eigenvalue weighted by molar-refractivity contribution is -0.125. The van der Waals surface area contributed by atoms with Crippen LogP contribution in [0.5, 0.6) is 0 Å². The summed E-state index contributed by atoms with van der Waals surface area (Å²) in [6.07, 6.45) is 10.2. The molecule has 1 aliphatic carbocycles. The molecule has 0 aromatic rings. The number of hydrogen-bond acceptors (Lipinski definition) is 2. The molecule has 4 heteroatoms. The third kappa shape index (κ3) is 5.70. The maximum Gasteiger partial charge on any atom is 0.223 e. The van der Waals surface area contributed by atoms with Gasteiger partial charge in [0.2, 0.25) is 5.91 Å². The first-order valence-corrected chi connectivity index (χ1v) is 7.77. The molecular formula is C15H29ClN2O. The van der Waals surface area contributed by atoms with Crippen LogP contribution in [0.3, 0.4) is 0 Å². The van der Waals surface area contributed by atoms with Gasteiger partial charge in [-0.15, -0.1) is 12.4 Å². The molecule has 112 valence electrons. The van der Waals surface area contributed by atoms with Gasteiger partial charge in [-0.3, -0.25) is 4.79 Å². The van der Waals surface area contributed by atoms with E-state index in [2.05, 4.69) is 17.6 Å². The topological polar surface area (TPSA) is 41.1 Å². The number of piperidine rings is 1. The van der Waals surface area contributed by atoms with E-state index in [0.29, 0.717) is 6.04 Å². The highest BCUT2D eigenvalue weighted by atomic mass is 35.5. The quantitative estimate of drug-likeness (QED) is 0.835. The Bertz CT molecular complexity index is 261. The highest BCUT2D eigenvalue weighted by Gasteiger charge is 2.23. The summed E-state index contributed by atoms with van der Waals surface area (Å²) < 4.78 is 0. The van der Waals surface area contributed by atoms with Crippen LogP contribution < -0.4 is 10.6 Å². The van der Waals surface area contributed by atoms with Gasteiger partial charge in [-0.1, -0.05) is 39.0 Å². The number of hydrogen-bond donors (Lipinski definition) is 2. The maximum atomic E-state index is 12.1. The molecule has 0 spiro atoms. The average Bonchev–Trinajstić information content (AvgIpc) is 2.41. The summed E-state index contributed by atoms with van der Waals surface area (Å²) in [6, 6.07) is 0.361. The minimum absolute atomic E-state index is 0. The van der Waals surface area contributed by atoms with Crippen molar-refractivity contribution in [1.82, 2.24) is 10.6 Å². The van der Waals surface area contributed by atoms with Gasteiger partial charge < -0.3 is 10.6 Å². The molecule has 0 radical (unpaired) electrons. The van der Waals surface area contributed by atoms with Crippen molar-refractivity contribution < 1.29 is 4.79 Å². The van der Waals surface area contributed by atoms with E-state index < -0.39 is 0 Å². The molecule has 1 heterocycles. The summed E-state index contributed by atoms with van der Waals surface area (Å²) in [6.45, 7) is 4.14. The zero-order valence-electron chi connectivity index (χ0n) is 12.1. The van der Waals surface area contributed by atoms with Gasteiger partial charge in [0.25, 0.3) is 0 Å². The van der Waals surface area contributed by atoms with E-state index in [1.54, 1.807) is 0 Å². The lowest BCUT2D eigenvalue weighted by atomic mass is 9.83. The molecule has 2 rings (SSSR count). The van der Waals surface area contributed by atoms with E-state index in [1.807, 2.05) is 0 Å². The second-order valence-corrected chi connectivity index (χ2v) is 6.19. The number of rotatable bonds is 4. The third-order valence-corrected chi connectivity index (χ3v) is 4.50. The van der Waals surface area contributed by atoms with Crippen LogP contribution >= 0.6 is 12.4 Å². The largest absolute Gasteiger partial charge is 0.352 e. The first kappa shape index (κ1) is 16.8. The third-order valence-electron chi connectivity index (χ3n) is 4.50. The molecule has 1 saturated heterocycles. The molecule has 3 nitrogen and oxygen atoms in total. The smallest absolute Gasteiger partial charge is 0.223 e. The van der Waals surface area contributed by atoms with Gasteiger partial charge in [0, 0.05) is 18.5 Å². The maximum absolute atomic E-state index is 12.1. The highest BCUT2D eigenvalue weighted by molar-refractivity contribution is 5.85. The summed E-state index contributed by atoms with van der Waals surface area (Å²) in [5.41, 5.74) is 0. The Kier molecular flexibility index (Phi) is 7.77. The first-order chi connectivity index (χ1) is 8.75. The van der Waals surface area contributed by atoms with E-state index >= 15 is 0 Å². The lowest BCUT2D eigenvalue weighted by Crippen LogP contribution is -2.47. The number of nitrogens with one attached hydrogen (secondary N) is 2. The fourth-order valence-electron chi connectivity index (χ4n) is 3.35. The standard InChI is InChI=1S/C15H28N2O.ClH/c1-12(10-13-6-3-2-4-7-13)15(18)17-14-8-5-9-16-11-14;/h12-14,16H,2-11H2,1H3,(H,17,18);1H. The van der Waals surface area contributed by atoms with Gasteiger partial charge in [-0.25, -0.2) is 0 Å². The molecule has 2 unspecified atom stereocenters. The Morgan fingerprint density at radius 3 is 2.58 bits per heavy atom. The molecule has 19 heavy (non-hydrogen) atoms. The van der Waals surface area contributed by atoms with Gasteiger partial charge in [0.05, 0.1) is 0 Å². The Hall–Kier alpha value is -0.280. The van der Waals surface area contributed by atoms with E-state index in [1.165, 1.54) is 38.5 Å². The molecule has 2 atom stereocenters. The molecule has 2 aliphatic rings. The second-order valence-electron chi connectivity index (χ2n) is 6.19. The van der Waals surface area contributed by atoms with Crippen LogP contribution in [0.4, 0.5) is 0 Å². The monoisotopic (exact) mass is 288 g/mol. The summed E-state index contributed by atoms with van der Waals surface area (Å²) >= 11 is 0. The van der Waals surface area contributed by atoms with Crippen molar-refractivity contribution in [3.8, 4) is 0 Å².